The van der Waals surface area contributed by atoms with Crippen molar-refractivity contribution in [3.05, 3.63) is 71.8 Å². The number of carbonyl (C=O) groups is 2. The van der Waals surface area contributed by atoms with Gasteiger partial charge >= 0.3 is 6.09 Å². The number of fused-ring (bicyclic) bond motifs is 1. The van der Waals surface area contributed by atoms with E-state index in [1.54, 1.807) is 20.1 Å². The normalized spacial score (nSPS) is 11.7. The number of rotatable bonds is 8. The van der Waals surface area contributed by atoms with Crippen LogP contribution in [0.4, 0.5) is 4.79 Å². The van der Waals surface area contributed by atoms with Crippen molar-refractivity contribution in [2.75, 3.05) is 14.2 Å². The average Bonchev–Trinajstić information content (AvgIpc) is 3.32. The highest BCUT2D eigenvalue weighted by molar-refractivity contribution is 5.95. The predicted octanol–water partition coefficient (Wildman–Crippen LogP) is 5.97. The molecular formula is C28H29N3O5. The number of imide groups is 1. The van der Waals surface area contributed by atoms with Crippen molar-refractivity contribution in [3.63, 3.8) is 0 Å². The topological polar surface area (TPSA) is 103 Å². The summed E-state index contributed by atoms with van der Waals surface area (Å²) in [7, 11) is 2.86. The van der Waals surface area contributed by atoms with Crippen LogP contribution in [-0.4, -0.2) is 36.4 Å². The van der Waals surface area contributed by atoms with Gasteiger partial charge in [-0.1, -0.05) is 25.5 Å². The lowest BCUT2D eigenvalue weighted by Gasteiger charge is -2.15. The van der Waals surface area contributed by atoms with Gasteiger partial charge in [0.1, 0.15) is 17.2 Å². The van der Waals surface area contributed by atoms with Gasteiger partial charge in [-0.25, -0.2) is 4.79 Å². The standard InChI is InChI=1S/C28H29N3O5/c1-5-7-19-14-20(26-23-12-11-21(34-3)16-24(23)30-31-26)10-13-25(19)36-22-9-6-8-18(15-22)17(2)27(32)29-28(33)35-4/h6,8-17H,5,7H2,1-4H3,(H,30,31)(H,29,32,33)/t17-/m0/s1. The maximum absolute atomic E-state index is 12.3. The zero-order valence-corrected chi connectivity index (χ0v) is 20.8. The minimum Gasteiger partial charge on any atom is -0.497 e. The summed E-state index contributed by atoms with van der Waals surface area (Å²) in [6.45, 7) is 3.84. The minimum absolute atomic E-state index is 0.445. The van der Waals surface area contributed by atoms with Crippen LogP contribution in [0.25, 0.3) is 22.2 Å². The monoisotopic (exact) mass is 487 g/mol. The van der Waals surface area contributed by atoms with Crippen LogP contribution >= 0.6 is 0 Å². The number of methoxy groups -OCH3 is 2. The first-order valence-corrected chi connectivity index (χ1v) is 11.8. The van der Waals surface area contributed by atoms with Crippen molar-refractivity contribution in [3.8, 4) is 28.5 Å². The first kappa shape index (κ1) is 24.8. The summed E-state index contributed by atoms with van der Waals surface area (Å²) in [4.78, 5) is 23.7. The number of amides is 2. The van der Waals surface area contributed by atoms with Gasteiger partial charge < -0.3 is 14.2 Å². The number of carbonyl (C=O) groups excluding carboxylic acids is 2. The zero-order valence-electron chi connectivity index (χ0n) is 20.8. The maximum Gasteiger partial charge on any atom is 0.413 e. The number of alkyl carbamates (subject to hydrolysis) is 1. The van der Waals surface area contributed by atoms with Gasteiger partial charge in [-0.2, -0.15) is 5.10 Å². The van der Waals surface area contributed by atoms with E-state index < -0.39 is 17.9 Å². The Hall–Kier alpha value is -4.33. The summed E-state index contributed by atoms with van der Waals surface area (Å²) in [6.07, 6.45) is 0.993. The number of hydrogen-bond donors (Lipinski definition) is 2. The summed E-state index contributed by atoms with van der Waals surface area (Å²) in [5, 5.41) is 10.8. The molecule has 0 saturated heterocycles. The van der Waals surface area contributed by atoms with Gasteiger partial charge in [0, 0.05) is 17.0 Å². The van der Waals surface area contributed by atoms with Gasteiger partial charge in [-0.3, -0.25) is 15.2 Å². The number of ether oxygens (including phenoxy) is 3. The van der Waals surface area contributed by atoms with Crippen molar-refractivity contribution in [2.45, 2.75) is 32.6 Å². The average molecular weight is 488 g/mol. The van der Waals surface area contributed by atoms with Crippen LogP contribution in [0.3, 0.4) is 0 Å². The Balaban J connectivity index is 1.60. The van der Waals surface area contributed by atoms with Crippen LogP contribution in [0.5, 0.6) is 17.2 Å². The van der Waals surface area contributed by atoms with E-state index in [9.17, 15) is 9.59 Å². The molecule has 1 atom stereocenters. The van der Waals surface area contributed by atoms with E-state index in [2.05, 4.69) is 33.2 Å². The number of H-pyrrole nitrogens is 1. The molecule has 0 saturated carbocycles. The molecule has 0 aliphatic heterocycles. The second-order valence-corrected chi connectivity index (χ2v) is 8.43. The third kappa shape index (κ3) is 5.33. The maximum atomic E-state index is 12.3. The molecule has 36 heavy (non-hydrogen) atoms. The largest absolute Gasteiger partial charge is 0.497 e. The molecule has 186 valence electrons. The summed E-state index contributed by atoms with van der Waals surface area (Å²) in [6, 6.07) is 19.2. The van der Waals surface area contributed by atoms with Crippen LogP contribution in [-0.2, 0) is 16.0 Å². The van der Waals surface area contributed by atoms with Crippen molar-refractivity contribution < 1.29 is 23.8 Å². The molecule has 3 aromatic carbocycles. The predicted molar refractivity (Wildman–Crippen MR) is 138 cm³/mol. The Morgan fingerprint density at radius 2 is 1.86 bits per heavy atom. The summed E-state index contributed by atoms with van der Waals surface area (Å²) in [5.74, 6) is 1.11. The molecule has 0 bridgehead atoms. The Morgan fingerprint density at radius 1 is 1.03 bits per heavy atom. The van der Waals surface area contributed by atoms with Gasteiger partial charge in [0.25, 0.3) is 0 Å². The van der Waals surface area contributed by atoms with Crippen LogP contribution in [0.15, 0.2) is 60.7 Å². The lowest BCUT2D eigenvalue weighted by molar-refractivity contribution is -0.121. The van der Waals surface area contributed by atoms with Gasteiger partial charge in [-0.05, 0) is 66.9 Å². The van der Waals surface area contributed by atoms with Gasteiger partial charge in [0.2, 0.25) is 5.91 Å². The molecule has 0 unspecified atom stereocenters. The van der Waals surface area contributed by atoms with E-state index in [1.807, 2.05) is 48.5 Å². The number of aromatic nitrogens is 2. The third-order valence-corrected chi connectivity index (χ3v) is 6.01. The molecule has 4 rings (SSSR count). The summed E-state index contributed by atoms with van der Waals surface area (Å²) < 4.78 is 16.1. The molecule has 1 heterocycles. The number of nitrogens with zero attached hydrogens (tertiary/aromatic N) is 1. The van der Waals surface area contributed by atoms with E-state index in [-0.39, 0.29) is 0 Å². The molecule has 0 spiro atoms. The first-order chi connectivity index (χ1) is 17.4. The van der Waals surface area contributed by atoms with Crippen molar-refractivity contribution in [1.82, 2.24) is 15.5 Å². The molecule has 0 radical (unpaired) electrons. The molecule has 4 aromatic rings. The molecule has 0 aliphatic rings. The SMILES string of the molecule is CCCc1cc(-c2n[nH]c3cc(OC)ccc23)ccc1Oc1cccc([C@H](C)C(=O)NC(=O)OC)c1. The summed E-state index contributed by atoms with van der Waals surface area (Å²) >= 11 is 0. The van der Waals surface area contributed by atoms with E-state index >= 15 is 0 Å². The highest BCUT2D eigenvalue weighted by atomic mass is 16.5. The summed E-state index contributed by atoms with van der Waals surface area (Å²) in [5.41, 5.74) is 4.54. The van der Waals surface area contributed by atoms with E-state index in [1.165, 1.54) is 7.11 Å². The van der Waals surface area contributed by atoms with Crippen LogP contribution in [0.2, 0.25) is 0 Å². The fraction of sp³-hybridized carbons (Fsp3) is 0.250. The molecule has 8 heteroatoms. The number of aryl methyl sites for hydroxylation is 1. The Kier molecular flexibility index (Phi) is 7.53. The highest BCUT2D eigenvalue weighted by Crippen LogP contribution is 2.34. The minimum atomic E-state index is -0.785. The number of nitrogens with one attached hydrogen (secondary N) is 2. The second-order valence-electron chi connectivity index (χ2n) is 8.43. The van der Waals surface area contributed by atoms with E-state index in [0.29, 0.717) is 5.75 Å². The van der Waals surface area contributed by atoms with Crippen molar-refractivity contribution in [2.24, 2.45) is 0 Å². The molecule has 0 fully saturated rings. The Labute approximate surface area is 209 Å². The van der Waals surface area contributed by atoms with Crippen LogP contribution in [0, 0.1) is 0 Å². The fourth-order valence-corrected chi connectivity index (χ4v) is 4.02. The van der Waals surface area contributed by atoms with Crippen LogP contribution < -0.4 is 14.8 Å². The molecule has 8 nitrogen and oxygen atoms in total. The third-order valence-electron chi connectivity index (χ3n) is 6.01. The zero-order chi connectivity index (χ0) is 25.7. The van der Waals surface area contributed by atoms with Gasteiger partial charge in [0.15, 0.2) is 0 Å². The van der Waals surface area contributed by atoms with Crippen LogP contribution in [0.1, 0.15) is 37.3 Å². The quantitative estimate of drug-likeness (QED) is 0.317. The van der Waals surface area contributed by atoms with E-state index in [0.717, 1.165) is 57.6 Å². The highest BCUT2D eigenvalue weighted by Gasteiger charge is 2.19. The van der Waals surface area contributed by atoms with E-state index in [4.69, 9.17) is 9.47 Å². The lowest BCUT2D eigenvalue weighted by Crippen LogP contribution is -2.33. The Morgan fingerprint density at radius 3 is 2.61 bits per heavy atom. The molecule has 2 amide bonds. The number of aromatic amines is 1. The number of benzene rings is 3. The second kappa shape index (κ2) is 10.9. The van der Waals surface area contributed by atoms with Crippen molar-refractivity contribution >= 4 is 22.9 Å². The van der Waals surface area contributed by atoms with Gasteiger partial charge in [0.05, 0.1) is 31.3 Å². The molecule has 0 aliphatic carbocycles. The smallest absolute Gasteiger partial charge is 0.413 e. The first-order valence-electron chi connectivity index (χ1n) is 11.8. The molecule has 1 aromatic heterocycles. The molecule has 2 N–H and O–H groups in total. The Bertz CT molecular complexity index is 1400. The lowest BCUT2D eigenvalue weighted by atomic mass is 10.00. The number of hydrogen-bond acceptors (Lipinski definition) is 6. The molecular weight excluding hydrogens is 458 g/mol. The fourth-order valence-electron chi connectivity index (χ4n) is 4.02. The van der Waals surface area contributed by atoms with Gasteiger partial charge in [-0.15, -0.1) is 0 Å². The van der Waals surface area contributed by atoms with Crippen molar-refractivity contribution in [1.29, 1.82) is 0 Å².